The van der Waals surface area contributed by atoms with Crippen LogP contribution in [0, 0.1) is 5.92 Å². The number of azide groups is 1. The van der Waals surface area contributed by atoms with Gasteiger partial charge in [-0.15, -0.1) is 0 Å². The lowest BCUT2D eigenvalue weighted by Crippen LogP contribution is -2.36. The van der Waals surface area contributed by atoms with E-state index >= 15 is 0 Å². The highest BCUT2D eigenvalue weighted by molar-refractivity contribution is 5.69. The van der Waals surface area contributed by atoms with E-state index in [4.69, 9.17) is 5.53 Å². The lowest BCUT2D eigenvalue weighted by atomic mass is 9.81. The zero-order valence-corrected chi connectivity index (χ0v) is 17.6. The molecule has 1 aliphatic heterocycles. The second-order valence-electron chi connectivity index (χ2n) is 8.20. The fraction of sp³-hybridized carbons (Fsp3) is 0.231. The summed E-state index contributed by atoms with van der Waals surface area (Å²) < 4.78 is 0. The molecule has 2 aromatic carbocycles. The van der Waals surface area contributed by atoms with Gasteiger partial charge in [-0.1, -0.05) is 59.7 Å². The SMILES string of the molecule is CC1=CC(CN=[N+]=[N-])=CC2C3=C(CCC=C3Nc3ccccc3)N(c3ccccc3)C12. The third kappa shape index (κ3) is 3.54. The van der Waals surface area contributed by atoms with Gasteiger partial charge in [-0.25, -0.2) is 0 Å². The van der Waals surface area contributed by atoms with E-state index in [1.807, 2.05) is 6.07 Å². The molecule has 154 valence electrons. The van der Waals surface area contributed by atoms with Crippen molar-refractivity contribution in [2.75, 3.05) is 16.8 Å². The van der Waals surface area contributed by atoms with E-state index < -0.39 is 0 Å². The van der Waals surface area contributed by atoms with Gasteiger partial charge in [0.05, 0.1) is 12.6 Å². The molecule has 2 atom stereocenters. The van der Waals surface area contributed by atoms with Crippen molar-refractivity contribution < 1.29 is 0 Å². The fourth-order valence-electron chi connectivity index (χ4n) is 5.09. The molecule has 0 fully saturated rings. The third-order valence-corrected chi connectivity index (χ3v) is 6.25. The van der Waals surface area contributed by atoms with Crippen molar-refractivity contribution in [1.29, 1.82) is 0 Å². The van der Waals surface area contributed by atoms with Crippen LogP contribution in [0.2, 0.25) is 0 Å². The lowest BCUT2D eigenvalue weighted by molar-refractivity contribution is 0.638. The predicted molar refractivity (Wildman–Crippen MR) is 126 cm³/mol. The molecule has 5 heteroatoms. The van der Waals surface area contributed by atoms with Crippen LogP contribution in [-0.4, -0.2) is 12.6 Å². The lowest BCUT2D eigenvalue weighted by Gasteiger charge is -2.34. The summed E-state index contributed by atoms with van der Waals surface area (Å²) >= 11 is 0. The molecule has 1 N–H and O–H groups in total. The summed E-state index contributed by atoms with van der Waals surface area (Å²) in [7, 11) is 0. The standard InChI is InChI=1S/C26H25N5/c1-18-15-19(17-28-30-27)16-22-25-23(29-20-9-4-2-5-10-20)13-8-14-24(25)31(26(18)22)21-11-6-3-7-12-21/h2-7,9-13,15-16,22,26,29H,8,14,17H2,1H3. The Morgan fingerprint density at radius 3 is 2.58 bits per heavy atom. The molecule has 2 unspecified atom stereocenters. The van der Waals surface area contributed by atoms with Gasteiger partial charge in [0.2, 0.25) is 0 Å². The number of para-hydroxylation sites is 2. The predicted octanol–water partition coefficient (Wildman–Crippen LogP) is 6.73. The van der Waals surface area contributed by atoms with Gasteiger partial charge in [-0.05, 0) is 60.7 Å². The van der Waals surface area contributed by atoms with Gasteiger partial charge in [0, 0.05) is 39.2 Å². The second kappa shape index (κ2) is 8.21. The highest BCUT2D eigenvalue weighted by Crippen LogP contribution is 2.49. The van der Waals surface area contributed by atoms with Crippen molar-refractivity contribution in [1.82, 2.24) is 0 Å². The van der Waals surface area contributed by atoms with Crippen molar-refractivity contribution in [3.05, 3.63) is 117 Å². The molecule has 5 nitrogen and oxygen atoms in total. The third-order valence-electron chi connectivity index (χ3n) is 6.25. The molecule has 0 saturated carbocycles. The Bertz CT molecular complexity index is 1150. The molecule has 0 saturated heterocycles. The van der Waals surface area contributed by atoms with Crippen molar-refractivity contribution >= 4 is 11.4 Å². The van der Waals surface area contributed by atoms with Crippen LogP contribution in [0.3, 0.4) is 0 Å². The van der Waals surface area contributed by atoms with Gasteiger partial charge < -0.3 is 10.2 Å². The van der Waals surface area contributed by atoms with E-state index in [2.05, 4.69) is 100.0 Å². The molecule has 5 rings (SSSR count). The first-order chi connectivity index (χ1) is 15.3. The molecular weight excluding hydrogens is 382 g/mol. The van der Waals surface area contributed by atoms with Crippen LogP contribution in [-0.2, 0) is 0 Å². The van der Waals surface area contributed by atoms with E-state index in [1.54, 1.807) is 0 Å². The number of nitrogens with zero attached hydrogens (tertiary/aromatic N) is 4. The Labute approximate surface area is 182 Å². The van der Waals surface area contributed by atoms with Gasteiger partial charge in [0.25, 0.3) is 0 Å². The molecule has 3 aliphatic rings. The highest BCUT2D eigenvalue weighted by atomic mass is 15.2. The zero-order valence-electron chi connectivity index (χ0n) is 17.6. The van der Waals surface area contributed by atoms with Crippen molar-refractivity contribution in [3.8, 4) is 0 Å². The Hall–Kier alpha value is -3.69. The van der Waals surface area contributed by atoms with Crippen LogP contribution in [0.1, 0.15) is 19.8 Å². The number of allylic oxidation sites excluding steroid dienone is 3. The first kappa shape index (κ1) is 19.3. The van der Waals surface area contributed by atoms with Crippen LogP contribution in [0.25, 0.3) is 10.4 Å². The van der Waals surface area contributed by atoms with Gasteiger partial charge in [-0.3, -0.25) is 0 Å². The maximum absolute atomic E-state index is 8.81. The summed E-state index contributed by atoms with van der Waals surface area (Å²) in [6.07, 6.45) is 8.85. The summed E-state index contributed by atoms with van der Waals surface area (Å²) in [5.74, 6) is 0.215. The smallest absolute Gasteiger partial charge is 0.0653 e. The summed E-state index contributed by atoms with van der Waals surface area (Å²) in [4.78, 5) is 5.48. The summed E-state index contributed by atoms with van der Waals surface area (Å²) in [6.45, 7) is 2.58. The molecular formula is C26H25N5. The number of fused-ring (bicyclic) bond motifs is 2. The summed E-state index contributed by atoms with van der Waals surface area (Å²) in [5, 5.41) is 7.50. The monoisotopic (exact) mass is 407 g/mol. The molecule has 0 spiro atoms. The van der Waals surface area contributed by atoms with Crippen LogP contribution >= 0.6 is 0 Å². The quantitative estimate of drug-likeness (QED) is 0.339. The normalized spacial score (nSPS) is 22.0. The minimum Gasteiger partial charge on any atom is -0.355 e. The summed E-state index contributed by atoms with van der Waals surface area (Å²) in [6, 6.07) is 21.3. The first-order valence-electron chi connectivity index (χ1n) is 10.8. The van der Waals surface area contributed by atoms with E-state index in [-0.39, 0.29) is 12.0 Å². The molecule has 0 radical (unpaired) electrons. The number of hydrogen-bond donors (Lipinski definition) is 1. The molecule has 2 aromatic rings. The Kier molecular flexibility index (Phi) is 5.11. The van der Waals surface area contributed by atoms with Gasteiger partial charge in [-0.2, -0.15) is 0 Å². The van der Waals surface area contributed by atoms with E-state index in [0.717, 1.165) is 24.1 Å². The molecule has 1 heterocycles. The molecule has 2 aliphatic carbocycles. The van der Waals surface area contributed by atoms with E-state index in [9.17, 15) is 0 Å². The number of rotatable bonds is 5. The number of benzene rings is 2. The van der Waals surface area contributed by atoms with Crippen LogP contribution in [0.5, 0.6) is 0 Å². The van der Waals surface area contributed by atoms with E-state index in [0.29, 0.717) is 6.54 Å². The molecule has 0 aromatic heterocycles. The van der Waals surface area contributed by atoms with Crippen molar-refractivity contribution in [2.45, 2.75) is 25.8 Å². The van der Waals surface area contributed by atoms with Crippen molar-refractivity contribution in [2.24, 2.45) is 11.0 Å². The minimum atomic E-state index is 0.215. The maximum atomic E-state index is 8.81. The average molecular weight is 408 g/mol. The van der Waals surface area contributed by atoms with Crippen molar-refractivity contribution in [3.63, 3.8) is 0 Å². The highest BCUT2D eigenvalue weighted by Gasteiger charge is 2.44. The minimum absolute atomic E-state index is 0.215. The first-order valence-corrected chi connectivity index (χ1v) is 10.8. The maximum Gasteiger partial charge on any atom is 0.0653 e. The topological polar surface area (TPSA) is 64.0 Å². The average Bonchev–Trinajstić information content (AvgIpc) is 3.15. The summed E-state index contributed by atoms with van der Waals surface area (Å²) in [5.41, 5.74) is 17.4. The van der Waals surface area contributed by atoms with Gasteiger partial charge in [0.15, 0.2) is 0 Å². The zero-order chi connectivity index (χ0) is 21.2. The van der Waals surface area contributed by atoms with Crippen LogP contribution in [0.15, 0.2) is 112 Å². The van der Waals surface area contributed by atoms with E-state index in [1.165, 1.54) is 28.2 Å². The number of hydrogen-bond acceptors (Lipinski definition) is 3. The largest absolute Gasteiger partial charge is 0.355 e. The molecule has 31 heavy (non-hydrogen) atoms. The Balaban J connectivity index is 1.61. The Morgan fingerprint density at radius 2 is 1.84 bits per heavy atom. The number of nitrogens with one attached hydrogen (secondary N) is 1. The molecule has 0 bridgehead atoms. The van der Waals surface area contributed by atoms with Gasteiger partial charge in [0.1, 0.15) is 0 Å². The van der Waals surface area contributed by atoms with Crippen LogP contribution in [0.4, 0.5) is 11.4 Å². The fourth-order valence-corrected chi connectivity index (χ4v) is 5.09. The van der Waals surface area contributed by atoms with Gasteiger partial charge >= 0.3 is 0 Å². The number of anilines is 2. The Morgan fingerprint density at radius 1 is 1.10 bits per heavy atom. The second-order valence-corrected chi connectivity index (χ2v) is 8.20. The molecule has 0 amide bonds. The van der Waals surface area contributed by atoms with Crippen LogP contribution < -0.4 is 10.2 Å².